The molecule has 6 heteroatoms. The van der Waals surface area contributed by atoms with Gasteiger partial charge in [-0.15, -0.1) is 0 Å². The first-order valence-corrected chi connectivity index (χ1v) is 7.87. The number of pyridine rings is 1. The van der Waals surface area contributed by atoms with E-state index >= 15 is 0 Å². The molecule has 1 aromatic carbocycles. The van der Waals surface area contributed by atoms with Gasteiger partial charge in [-0.25, -0.2) is 0 Å². The molecule has 2 aromatic heterocycles. The Kier molecular flexibility index (Phi) is 5.31. The van der Waals surface area contributed by atoms with E-state index in [4.69, 9.17) is 4.74 Å². The van der Waals surface area contributed by atoms with Crippen LogP contribution in [0.4, 0.5) is 0 Å². The van der Waals surface area contributed by atoms with Gasteiger partial charge in [0, 0.05) is 35.9 Å². The fourth-order valence-electron chi connectivity index (χ4n) is 2.51. The molecule has 25 heavy (non-hydrogen) atoms. The van der Waals surface area contributed by atoms with Crippen LogP contribution in [-0.4, -0.2) is 28.0 Å². The molecule has 0 radical (unpaired) electrons. The zero-order valence-corrected chi connectivity index (χ0v) is 13.8. The molecule has 2 heterocycles. The Hall–Kier alpha value is -3.28. The van der Waals surface area contributed by atoms with E-state index in [0.29, 0.717) is 23.7 Å². The third kappa shape index (κ3) is 4.17. The van der Waals surface area contributed by atoms with Gasteiger partial charge in [-0.1, -0.05) is 18.2 Å². The molecular weight excluding hydrogens is 316 g/mol. The van der Waals surface area contributed by atoms with Crippen LogP contribution in [0.3, 0.4) is 0 Å². The average molecular weight is 334 g/mol. The lowest BCUT2D eigenvalue weighted by Crippen LogP contribution is -2.25. The van der Waals surface area contributed by atoms with Gasteiger partial charge in [0.05, 0.1) is 31.5 Å². The number of benzene rings is 1. The van der Waals surface area contributed by atoms with Crippen molar-refractivity contribution in [1.82, 2.24) is 20.3 Å². The van der Waals surface area contributed by atoms with Crippen LogP contribution >= 0.6 is 0 Å². The van der Waals surface area contributed by atoms with Crippen molar-refractivity contribution < 1.29 is 9.53 Å². The Morgan fingerprint density at radius 3 is 2.72 bits per heavy atom. The summed E-state index contributed by atoms with van der Waals surface area (Å²) in [6.07, 6.45) is 6.91. The summed E-state index contributed by atoms with van der Waals surface area (Å²) < 4.78 is 5.28. The summed E-state index contributed by atoms with van der Waals surface area (Å²) in [5, 5.41) is 2.89. The SMILES string of the molecule is COc1ccccc1CC(=O)NCc1nccnc1-c1cccnc1. The van der Waals surface area contributed by atoms with Crippen molar-refractivity contribution in [1.29, 1.82) is 0 Å². The number of hydrogen-bond acceptors (Lipinski definition) is 5. The Morgan fingerprint density at radius 1 is 1.08 bits per heavy atom. The summed E-state index contributed by atoms with van der Waals surface area (Å²) in [6, 6.07) is 11.2. The Bertz CT molecular complexity index is 853. The Balaban J connectivity index is 1.69. The highest BCUT2D eigenvalue weighted by Gasteiger charge is 2.11. The predicted octanol–water partition coefficient (Wildman–Crippen LogP) is 2.41. The first kappa shape index (κ1) is 16.6. The van der Waals surface area contributed by atoms with Gasteiger partial charge in [0.25, 0.3) is 0 Å². The van der Waals surface area contributed by atoms with Gasteiger partial charge >= 0.3 is 0 Å². The van der Waals surface area contributed by atoms with Gasteiger partial charge in [-0.2, -0.15) is 0 Å². The second-order valence-electron chi connectivity index (χ2n) is 5.36. The van der Waals surface area contributed by atoms with E-state index in [1.165, 1.54) is 0 Å². The zero-order valence-electron chi connectivity index (χ0n) is 13.8. The number of carbonyl (C=O) groups is 1. The fraction of sp³-hybridized carbons (Fsp3) is 0.158. The van der Waals surface area contributed by atoms with E-state index in [0.717, 1.165) is 11.1 Å². The van der Waals surface area contributed by atoms with Gasteiger partial charge in [0.15, 0.2) is 0 Å². The molecule has 0 saturated carbocycles. The van der Waals surface area contributed by atoms with Crippen molar-refractivity contribution >= 4 is 5.91 Å². The minimum atomic E-state index is -0.104. The summed E-state index contributed by atoms with van der Waals surface area (Å²) in [7, 11) is 1.59. The zero-order chi connectivity index (χ0) is 17.5. The summed E-state index contributed by atoms with van der Waals surface area (Å²) in [5.74, 6) is 0.598. The number of ether oxygens (including phenoxy) is 1. The van der Waals surface area contributed by atoms with Crippen LogP contribution in [0.2, 0.25) is 0 Å². The maximum absolute atomic E-state index is 12.3. The molecule has 0 aliphatic carbocycles. The van der Waals surface area contributed by atoms with Crippen LogP contribution in [0, 0.1) is 0 Å². The number of amides is 1. The second-order valence-corrected chi connectivity index (χ2v) is 5.36. The van der Waals surface area contributed by atoms with Gasteiger partial charge in [0.1, 0.15) is 5.75 Å². The Morgan fingerprint density at radius 2 is 1.92 bits per heavy atom. The van der Waals surface area contributed by atoms with Gasteiger partial charge < -0.3 is 10.1 Å². The largest absolute Gasteiger partial charge is 0.496 e. The van der Waals surface area contributed by atoms with Crippen molar-refractivity contribution in [3.63, 3.8) is 0 Å². The van der Waals surface area contributed by atoms with E-state index in [1.807, 2.05) is 36.4 Å². The molecule has 0 aliphatic heterocycles. The summed E-state index contributed by atoms with van der Waals surface area (Å²) in [6.45, 7) is 0.298. The maximum Gasteiger partial charge on any atom is 0.224 e. The third-order valence-corrected chi connectivity index (χ3v) is 3.71. The summed E-state index contributed by atoms with van der Waals surface area (Å²) >= 11 is 0. The highest BCUT2D eigenvalue weighted by atomic mass is 16.5. The van der Waals surface area contributed by atoms with Gasteiger partial charge in [0.2, 0.25) is 5.91 Å². The fourth-order valence-corrected chi connectivity index (χ4v) is 2.51. The second kappa shape index (κ2) is 8.01. The molecule has 0 unspecified atom stereocenters. The molecular formula is C19H18N4O2. The van der Waals surface area contributed by atoms with Crippen LogP contribution in [-0.2, 0) is 17.8 Å². The summed E-state index contributed by atoms with van der Waals surface area (Å²) in [5.41, 5.74) is 3.12. The van der Waals surface area contributed by atoms with Gasteiger partial charge in [-0.3, -0.25) is 19.7 Å². The molecule has 0 fully saturated rings. The number of methoxy groups -OCH3 is 1. The molecule has 0 aliphatic rings. The van der Waals surface area contributed by atoms with E-state index in [9.17, 15) is 4.79 Å². The van der Waals surface area contributed by atoms with Crippen molar-refractivity contribution in [3.8, 4) is 17.0 Å². The Labute approximate surface area is 145 Å². The van der Waals surface area contributed by atoms with Crippen molar-refractivity contribution in [2.75, 3.05) is 7.11 Å². The minimum absolute atomic E-state index is 0.104. The third-order valence-electron chi connectivity index (χ3n) is 3.71. The molecule has 0 spiro atoms. The topological polar surface area (TPSA) is 77.0 Å². The summed E-state index contributed by atoms with van der Waals surface area (Å²) in [4.78, 5) is 25.1. The molecule has 0 saturated heterocycles. The van der Waals surface area contributed by atoms with E-state index in [2.05, 4.69) is 20.3 Å². The first-order valence-electron chi connectivity index (χ1n) is 7.87. The highest BCUT2D eigenvalue weighted by molar-refractivity contribution is 5.79. The van der Waals surface area contributed by atoms with Crippen molar-refractivity contribution in [3.05, 3.63) is 72.4 Å². The molecule has 0 bridgehead atoms. The smallest absolute Gasteiger partial charge is 0.224 e. The monoisotopic (exact) mass is 334 g/mol. The normalized spacial score (nSPS) is 10.3. The lowest BCUT2D eigenvalue weighted by Gasteiger charge is -2.10. The van der Waals surface area contributed by atoms with Crippen molar-refractivity contribution in [2.45, 2.75) is 13.0 Å². The van der Waals surface area contributed by atoms with E-state index in [-0.39, 0.29) is 12.3 Å². The average Bonchev–Trinajstić information content (AvgIpc) is 2.68. The molecule has 3 aromatic rings. The molecule has 1 amide bonds. The first-order chi connectivity index (χ1) is 12.3. The maximum atomic E-state index is 12.3. The van der Waals surface area contributed by atoms with E-state index < -0.39 is 0 Å². The standard InChI is InChI=1S/C19H18N4O2/c1-25-17-7-3-2-5-14(17)11-18(24)23-13-16-19(22-10-9-21-16)15-6-4-8-20-12-15/h2-10,12H,11,13H2,1H3,(H,23,24). The number of carbonyl (C=O) groups excluding carboxylic acids is 1. The van der Waals surface area contributed by atoms with Crippen LogP contribution in [0.5, 0.6) is 5.75 Å². The van der Waals surface area contributed by atoms with Crippen LogP contribution in [0.1, 0.15) is 11.3 Å². The number of rotatable bonds is 6. The molecule has 3 rings (SSSR count). The lowest BCUT2D eigenvalue weighted by molar-refractivity contribution is -0.120. The number of hydrogen-bond donors (Lipinski definition) is 1. The van der Waals surface area contributed by atoms with Crippen LogP contribution in [0.25, 0.3) is 11.3 Å². The molecule has 6 nitrogen and oxygen atoms in total. The number of nitrogens with one attached hydrogen (secondary N) is 1. The molecule has 0 atom stereocenters. The highest BCUT2D eigenvalue weighted by Crippen LogP contribution is 2.19. The minimum Gasteiger partial charge on any atom is -0.496 e. The van der Waals surface area contributed by atoms with Crippen molar-refractivity contribution in [2.24, 2.45) is 0 Å². The number of para-hydroxylation sites is 1. The van der Waals surface area contributed by atoms with Crippen LogP contribution in [0.15, 0.2) is 61.2 Å². The number of aromatic nitrogens is 3. The van der Waals surface area contributed by atoms with Crippen LogP contribution < -0.4 is 10.1 Å². The predicted molar refractivity (Wildman–Crippen MR) is 93.8 cm³/mol. The lowest BCUT2D eigenvalue weighted by atomic mass is 10.1. The quantitative estimate of drug-likeness (QED) is 0.749. The molecule has 126 valence electrons. The number of nitrogens with zero attached hydrogens (tertiary/aromatic N) is 3. The molecule has 1 N–H and O–H groups in total. The van der Waals surface area contributed by atoms with Gasteiger partial charge in [-0.05, 0) is 18.2 Å². The van der Waals surface area contributed by atoms with E-state index in [1.54, 1.807) is 31.9 Å².